The fourth-order valence-electron chi connectivity index (χ4n) is 2.00. The molecule has 6 heteroatoms. The van der Waals surface area contributed by atoms with Gasteiger partial charge in [0.1, 0.15) is 0 Å². The summed E-state index contributed by atoms with van der Waals surface area (Å²) in [7, 11) is 1.60. The monoisotopic (exact) mass is 350 g/mol. The molecule has 21 heavy (non-hydrogen) atoms. The average molecular weight is 351 g/mol. The highest BCUT2D eigenvalue weighted by molar-refractivity contribution is 9.10. The molecule has 0 bridgehead atoms. The molecule has 0 spiro atoms. The molecule has 2 N–H and O–H groups in total. The first-order chi connectivity index (χ1) is 10.1. The number of nitrogens with two attached hydrogens (primary N) is 1. The third-order valence-corrected chi connectivity index (χ3v) is 3.57. The number of benzene rings is 1. The fraction of sp³-hybridized carbons (Fsp3) is 0.333. The first-order valence-electron chi connectivity index (χ1n) is 6.80. The molecule has 0 saturated carbocycles. The predicted octanol–water partition coefficient (Wildman–Crippen LogP) is 3.25. The normalized spacial score (nSPS) is 10.4. The molecule has 2 rings (SSSR count). The van der Waals surface area contributed by atoms with Crippen molar-refractivity contribution >= 4 is 27.6 Å². The summed E-state index contributed by atoms with van der Waals surface area (Å²) in [5.41, 5.74) is 7.66. The largest absolute Gasteiger partial charge is 0.480 e. The van der Waals surface area contributed by atoms with E-state index in [0.717, 1.165) is 29.7 Å². The second kappa shape index (κ2) is 7.26. The molecule has 112 valence electrons. The van der Waals surface area contributed by atoms with Gasteiger partial charge in [-0.3, -0.25) is 0 Å². The van der Waals surface area contributed by atoms with Gasteiger partial charge in [-0.15, -0.1) is 0 Å². The Hall–Kier alpha value is -1.82. The topological polar surface area (TPSA) is 64.3 Å². The lowest BCUT2D eigenvalue weighted by Crippen LogP contribution is -2.25. The summed E-state index contributed by atoms with van der Waals surface area (Å²) in [5, 5.41) is 0. The number of hydrogen-bond donors (Lipinski definition) is 1. The van der Waals surface area contributed by atoms with Crippen LogP contribution in [-0.2, 0) is 6.54 Å². The third-order valence-electron chi connectivity index (χ3n) is 3.02. The average Bonchev–Trinajstić information content (AvgIpc) is 2.49. The van der Waals surface area contributed by atoms with E-state index in [9.17, 15) is 0 Å². The number of ether oxygens (including phenoxy) is 1. The standard InChI is InChI=1S/C15H19BrN4O/c1-3-8-20(10-11-4-6-12(17)7-5-11)15-18-9-13(16)14(19-15)21-2/h4-7,9H,3,8,10,17H2,1-2H3. The molecule has 0 radical (unpaired) electrons. The molecule has 0 aliphatic rings. The van der Waals surface area contributed by atoms with Crippen molar-refractivity contribution in [2.45, 2.75) is 19.9 Å². The Morgan fingerprint density at radius 1 is 1.29 bits per heavy atom. The lowest BCUT2D eigenvalue weighted by molar-refractivity contribution is 0.393. The minimum absolute atomic E-state index is 0.540. The van der Waals surface area contributed by atoms with Gasteiger partial charge in [-0.2, -0.15) is 4.98 Å². The van der Waals surface area contributed by atoms with Gasteiger partial charge in [-0.1, -0.05) is 19.1 Å². The van der Waals surface area contributed by atoms with Gasteiger partial charge in [0.05, 0.1) is 17.8 Å². The van der Waals surface area contributed by atoms with Crippen LogP contribution in [0.2, 0.25) is 0 Å². The van der Waals surface area contributed by atoms with Crippen LogP contribution in [0.1, 0.15) is 18.9 Å². The van der Waals surface area contributed by atoms with Crippen molar-refractivity contribution in [1.82, 2.24) is 9.97 Å². The molecule has 5 nitrogen and oxygen atoms in total. The van der Waals surface area contributed by atoms with Crippen LogP contribution < -0.4 is 15.4 Å². The summed E-state index contributed by atoms with van der Waals surface area (Å²) in [6.07, 6.45) is 2.73. The zero-order chi connectivity index (χ0) is 15.2. The molecule has 0 aliphatic carbocycles. The summed E-state index contributed by atoms with van der Waals surface area (Å²) in [4.78, 5) is 11.0. The van der Waals surface area contributed by atoms with Crippen LogP contribution in [0.5, 0.6) is 5.88 Å². The zero-order valence-electron chi connectivity index (χ0n) is 12.2. The maximum Gasteiger partial charge on any atom is 0.232 e. The molecule has 1 aromatic carbocycles. The van der Waals surface area contributed by atoms with Gasteiger partial charge < -0.3 is 15.4 Å². The summed E-state index contributed by atoms with van der Waals surface area (Å²) in [6.45, 7) is 3.74. The number of anilines is 2. The fourth-order valence-corrected chi connectivity index (χ4v) is 2.35. The van der Waals surface area contributed by atoms with E-state index in [1.807, 2.05) is 24.3 Å². The van der Waals surface area contributed by atoms with E-state index in [1.165, 1.54) is 5.56 Å². The van der Waals surface area contributed by atoms with Gasteiger partial charge in [0.15, 0.2) is 0 Å². The van der Waals surface area contributed by atoms with Crippen molar-refractivity contribution in [1.29, 1.82) is 0 Å². The minimum Gasteiger partial charge on any atom is -0.480 e. The number of halogens is 1. The molecule has 0 atom stereocenters. The lowest BCUT2D eigenvalue weighted by Gasteiger charge is -2.22. The molecular formula is C15H19BrN4O. The molecule has 1 aromatic heterocycles. The van der Waals surface area contributed by atoms with Gasteiger partial charge in [0.25, 0.3) is 0 Å². The lowest BCUT2D eigenvalue weighted by atomic mass is 10.2. The van der Waals surface area contributed by atoms with Gasteiger partial charge >= 0.3 is 0 Å². The number of nitrogens with zero attached hydrogens (tertiary/aromatic N) is 3. The number of hydrogen-bond acceptors (Lipinski definition) is 5. The summed E-state index contributed by atoms with van der Waals surface area (Å²) in [6, 6.07) is 7.85. The number of nitrogen functional groups attached to an aromatic ring is 1. The molecule has 0 unspecified atom stereocenters. The van der Waals surface area contributed by atoms with Crippen molar-refractivity contribution in [3.8, 4) is 5.88 Å². The van der Waals surface area contributed by atoms with Gasteiger partial charge in [0, 0.05) is 18.8 Å². The number of aromatic nitrogens is 2. The van der Waals surface area contributed by atoms with Crippen LogP contribution in [-0.4, -0.2) is 23.6 Å². The molecule has 0 aliphatic heterocycles. The Morgan fingerprint density at radius 2 is 2.00 bits per heavy atom. The van der Waals surface area contributed by atoms with Crippen LogP contribution in [0, 0.1) is 0 Å². The Bertz CT molecular complexity index is 589. The summed E-state index contributed by atoms with van der Waals surface area (Å²) in [5.74, 6) is 1.20. The second-order valence-corrected chi connectivity index (χ2v) is 5.54. The highest BCUT2D eigenvalue weighted by Gasteiger charge is 2.12. The molecular weight excluding hydrogens is 332 g/mol. The third kappa shape index (κ3) is 4.07. The highest BCUT2D eigenvalue weighted by Crippen LogP contribution is 2.24. The van der Waals surface area contributed by atoms with Gasteiger partial charge in [-0.05, 0) is 40.0 Å². The first kappa shape index (κ1) is 15.6. The van der Waals surface area contributed by atoms with E-state index in [2.05, 4.69) is 37.7 Å². The molecule has 2 aromatic rings. The van der Waals surface area contributed by atoms with Crippen LogP contribution in [0.15, 0.2) is 34.9 Å². The smallest absolute Gasteiger partial charge is 0.232 e. The highest BCUT2D eigenvalue weighted by atomic mass is 79.9. The SMILES string of the molecule is CCCN(Cc1ccc(N)cc1)c1ncc(Br)c(OC)n1. The predicted molar refractivity (Wildman–Crippen MR) is 88.5 cm³/mol. The second-order valence-electron chi connectivity index (χ2n) is 4.69. The Balaban J connectivity index is 2.23. The van der Waals surface area contributed by atoms with E-state index < -0.39 is 0 Å². The number of rotatable bonds is 6. The van der Waals surface area contributed by atoms with Crippen molar-refractivity contribution in [3.63, 3.8) is 0 Å². The maximum atomic E-state index is 5.72. The van der Waals surface area contributed by atoms with E-state index in [1.54, 1.807) is 13.3 Å². The van der Waals surface area contributed by atoms with Crippen LogP contribution in [0.3, 0.4) is 0 Å². The summed E-state index contributed by atoms with van der Waals surface area (Å²) < 4.78 is 5.99. The van der Waals surface area contributed by atoms with Crippen LogP contribution in [0.4, 0.5) is 11.6 Å². The van der Waals surface area contributed by atoms with Gasteiger partial charge in [0.2, 0.25) is 11.8 Å². The minimum atomic E-state index is 0.540. The quantitative estimate of drug-likeness (QED) is 0.810. The van der Waals surface area contributed by atoms with Crippen molar-refractivity contribution in [3.05, 3.63) is 40.5 Å². The Morgan fingerprint density at radius 3 is 2.62 bits per heavy atom. The Labute approximate surface area is 133 Å². The van der Waals surface area contributed by atoms with Crippen molar-refractivity contribution < 1.29 is 4.74 Å². The van der Waals surface area contributed by atoms with Crippen molar-refractivity contribution in [2.24, 2.45) is 0 Å². The molecule has 1 heterocycles. The van der Waals surface area contributed by atoms with Crippen LogP contribution in [0.25, 0.3) is 0 Å². The number of methoxy groups -OCH3 is 1. The van der Waals surface area contributed by atoms with E-state index >= 15 is 0 Å². The summed E-state index contributed by atoms with van der Waals surface area (Å²) >= 11 is 3.37. The van der Waals surface area contributed by atoms with E-state index in [4.69, 9.17) is 10.5 Å². The van der Waals surface area contributed by atoms with Gasteiger partial charge in [-0.25, -0.2) is 4.98 Å². The van der Waals surface area contributed by atoms with Crippen molar-refractivity contribution in [2.75, 3.05) is 24.3 Å². The van der Waals surface area contributed by atoms with E-state index in [0.29, 0.717) is 11.8 Å². The molecule has 0 amide bonds. The van der Waals surface area contributed by atoms with Crippen LogP contribution >= 0.6 is 15.9 Å². The molecule has 0 fully saturated rings. The first-order valence-corrected chi connectivity index (χ1v) is 7.59. The Kier molecular flexibility index (Phi) is 5.38. The zero-order valence-corrected chi connectivity index (χ0v) is 13.8. The van der Waals surface area contributed by atoms with E-state index in [-0.39, 0.29) is 0 Å². The maximum absolute atomic E-state index is 5.72. The molecule has 0 saturated heterocycles.